The number of Topliss-reactive ketones (excluding diaryl/α,β-unsaturated/α-hetero) is 1. The molecule has 6 nitrogen and oxygen atoms in total. The molecule has 0 radical (unpaired) electrons. The summed E-state index contributed by atoms with van der Waals surface area (Å²) in [6.45, 7) is 1.44. The van der Waals surface area contributed by atoms with E-state index < -0.39 is 36.0 Å². The molecule has 1 heterocycles. The van der Waals surface area contributed by atoms with Crippen molar-refractivity contribution in [3.8, 4) is 0 Å². The van der Waals surface area contributed by atoms with E-state index in [-0.39, 0.29) is 17.5 Å². The number of carbonyl (C=O) groups excluding carboxylic acids is 4. The number of carbonyl (C=O) groups is 4. The highest BCUT2D eigenvalue weighted by Crippen LogP contribution is 2.31. The first-order chi connectivity index (χ1) is 11.9. The van der Waals surface area contributed by atoms with Crippen molar-refractivity contribution in [1.82, 2.24) is 9.80 Å². The van der Waals surface area contributed by atoms with Gasteiger partial charge in [0.2, 0.25) is 0 Å². The van der Waals surface area contributed by atoms with E-state index in [0.29, 0.717) is 11.3 Å². The Morgan fingerprint density at radius 3 is 2.36 bits per heavy atom. The first kappa shape index (κ1) is 17.3. The van der Waals surface area contributed by atoms with Crippen LogP contribution in [0.4, 0.5) is 9.18 Å². The van der Waals surface area contributed by atoms with Crippen molar-refractivity contribution in [3.05, 3.63) is 35.6 Å². The van der Waals surface area contributed by atoms with E-state index in [2.05, 4.69) is 0 Å². The lowest BCUT2D eigenvalue weighted by atomic mass is 9.85. The lowest BCUT2D eigenvalue weighted by Crippen LogP contribution is -2.46. The molecule has 0 bridgehead atoms. The molecule has 2 atom stereocenters. The molecule has 7 heteroatoms. The fourth-order valence-corrected chi connectivity index (χ4v) is 3.51. The Labute approximate surface area is 144 Å². The van der Waals surface area contributed by atoms with Gasteiger partial charge in [-0.2, -0.15) is 0 Å². The zero-order chi connectivity index (χ0) is 18.1. The van der Waals surface area contributed by atoms with Gasteiger partial charge in [0.1, 0.15) is 5.82 Å². The summed E-state index contributed by atoms with van der Waals surface area (Å²) in [6, 6.07) is 3.79. The van der Waals surface area contributed by atoms with Crippen molar-refractivity contribution in [2.24, 2.45) is 5.92 Å². The zero-order valence-electron chi connectivity index (χ0n) is 13.9. The van der Waals surface area contributed by atoms with E-state index in [1.165, 1.54) is 12.1 Å². The number of nitrogens with zero attached hydrogens (tertiary/aromatic N) is 2. The van der Waals surface area contributed by atoms with Crippen LogP contribution in [0.1, 0.15) is 43.0 Å². The smallest absolute Gasteiger partial charge is 0.292 e. The van der Waals surface area contributed by atoms with Crippen molar-refractivity contribution in [2.75, 3.05) is 6.54 Å². The second-order valence-electron chi connectivity index (χ2n) is 6.61. The van der Waals surface area contributed by atoms with Crippen LogP contribution < -0.4 is 0 Å². The van der Waals surface area contributed by atoms with Crippen LogP contribution in [0.5, 0.6) is 0 Å². The normalized spacial score (nSPS) is 24.2. The fraction of sp³-hybridized carbons (Fsp3) is 0.444. The fourth-order valence-electron chi connectivity index (χ4n) is 3.51. The number of urea groups is 1. The highest BCUT2D eigenvalue weighted by atomic mass is 19.1. The van der Waals surface area contributed by atoms with E-state index in [0.717, 1.165) is 36.3 Å². The number of ketones is 1. The summed E-state index contributed by atoms with van der Waals surface area (Å²) < 4.78 is 12.9. The highest BCUT2D eigenvalue weighted by molar-refractivity contribution is 6.45. The van der Waals surface area contributed by atoms with Gasteiger partial charge in [-0.15, -0.1) is 0 Å². The van der Waals surface area contributed by atoms with Crippen molar-refractivity contribution >= 4 is 23.6 Å². The summed E-state index contributed by atoms with van der Waals surface area (Å²) in [5.41, 5.74) is 0.180. The predicted octanol–water partition coefficient (Wildman–Crippen LogP) is 2.38. The molecule has 1 aliphatic carbocycles. The Morgan fingerprint density at radius 1 is 1.08 bits per heavy atom. The van der Waals surface area contributed by atoms with Gasteiger partial charge in [0, 0.05) is 11.6 Å². The minimum absolute atomic E-state index is 0.127. The molecule has 4 amide bonds. The van der Waals surface area contributed by atoms with Gasteiger partial charge in [-0.3, -0.25) is 19.3 Å². The molecule has 0 N–H and O–H groups in total. The zero-order valence-corrected chi connectivity index (χ0v) is 13.9. The molecule has 0 spiro atoms. The number of hydrogen-bond acceptors (Lipinski definition) is 4. The molecular formula is C18H19FN2O4. The summed E-state index contributed by atoms with van der Waals surface area (Å²) in [7, 11) is 0. The van der Waals surface area contributed by atoms with Crippen LogP contribution in [0.25, 0.3) is 0 Å². The lowest BCUT2D eigenvalue weighted by Gasteiger charge is -2.34. The van der Waals surface area contributed by atoms with E-state index in [1.807, 2.05) is 6.92 Å². The number of imide groups is 2. The highest BCUT2D eigenvalue weighted by Gasteiger charge is 2.49. The summed E-state index contributed by atoms with van der Waals surface area (Å²) in [4.78, 5) is 51.0. The number of benzene rings is 1. The maximum Gasteiger partial charge on any atom is 0.334 e. The summed E-state index contributed by atoms with van der Waals surface area (Å²) in [5, 5.41) is 0. The van der Waals surface area contributed by atoms with Crippen LogP contribution in [-0.4, -0.2) is 46.0 Å². The lowest BCUT2D eigenvalue weighted by molar-refractivity contribution is -0.144. The van der Waals surface area contributed by atoms with Crippen LogP contribution in [0.15, 0.2) is 24.3 Å². The summed E-state index contributed by atoms with van der Waals surface area (Å²) in [6.07, 6.45) is 3.50. The molecule has 2 aliphatic rings. The molecule has 3 rings (SSSR count). The predicted molar refractivity (Wildman–Crippen MR) is 86.1 cm³/mol. The SMILES string of the molecule is C[C@@H]1CCCC[C@@H]1N1C(=O)C(=O)N(CC(=O)c2ccc(F)cc2)C1=O. The quantitative estimate of drug-likeness (QED) is 0.477. The van der Waals surface area contributed by atoms with E-state index in [4.69, 9.17) is 0 Å². The minimum Gasteiger partial charge on any atom is -0.292 e. The van der Waals surface area contributed by atoms with Crippen LogP contribution in [0, 0.1) is 11.7 Å². The standard InChI is InChI=1S/C18H19FN2O4/c1-11-4-2-3-5-14(11)21-17(24)16(23)20(18(21)25)10-15(22)12-6-8-13(19)9-7-12/h6-9,11,14H,2-5,10H2,1H3/t11-,14+/m1/s1. The third-order valence-electron chi connectivity index (χ3n) is 4.95. The van der Waals surface area contributed by atoms with Gasteiger partial charge in [0.15, 0.2) is 5.78 Å². The molecule has 1 saturated heterocycles. The van der Waals surface area contributed by atoms with Crippen molar-refractivity contribution < 1.29 is 23.6 Å². The molecule has 1 aromatic carbocycles. The van der Waals surface area contributed by atoms with Gasteiger partial charge in [-0.05, 0) is 43.0 Å². The molecule has 132 valence electrons. The Balaban J connectivity index is 1.77. The Hall–Kier alpha value is -2.57. The number of hydrogen-bond donors (Lipinski definition) is 0. The van der Waals surface area contributed by atoms with Crippen molar-refractivity contribution in [3.63, 3.8) is 0 Å². The maximum atomic E-state index is 12.9. The largest absolute Gasteiger partial charge is 0.334 e. The van der Waals surface area contributed by atoms with Crippen molar-refractivity contribution in [1.29, 1.82) is 0 Å². The van der Waals surface area contributed by atoms with Crippen LogP contribution in [0.2, 0.25) is 0 Å². The van der Waals surface area contributed by atoms with Gasteiger partial charge in [0.05, 0.1) is 6.54 Å². The second-order valence-corrected chi connectivity index (χ2v) is 6.61. The van der Waals surface area contributed by atoms with Crippen LogP contribution >= 0.6 is 0 Å². The maximum absolute atomic E-state index is 12.9. The molecule has 0 unspecified atom stereocenters. The number of amides is 4. The van der Waals surface area contributed by atoms with E-state index in [9.17, 15) is 23.6 Å². The Kier molecular flexibility index (Phi) is 4.65. The molecule has 25 heavy (non-hydrogen) atoms. The molecule has 0 aromatic heterocycles. The molecular weight excluding hydrogens is 327 g/mol. The molecule has 1 aliphatic heterocycles. The summed E-state index contributed by atoms with van der Waals surface area (Å²) >= 11 is 0. The first-order valence-electron chi connectivity index (χ1n) is 8.38. The first-order valence-corrected chi connectivity index (χ1v) is 8.38. The van der Waals surface area contributed by atoms with Gasteiger partial charge < -0.3 is 0 Å². The van der Waals surface area contributed by atoms with Crippen LogP contribution in [-0.2, 0) is 9.59 Å². The van der Waals surface area contributed by atoms with Gasteiger partial charge in [0.25, 0.3) is 0 Å². The number of rotatable bonds is 4. The molecule has 2 fully saturated rings. The van der Waals surface area contributed by atoms with E-state index in [1.54, 1.807) is 0 Å². The topological polar surface area (TPSA) is 74.8 Å². The third kappa shape index (κ3) is 3.18. The van der Waals surface area contributed by atoms with E-state index >= 15 is 0 Å². The van der Waals surface area contributed by atoms with Crippen molar-refractivity contribution in [2.45, 2.75) is 38.6 Å². The Bertz CT molecular complexity index is 731. The molecule has 1 saturated carbocycles. The minimum atomic E-state index is -0.974. The molecule has 1 aromatic rings. The van der Waals surface area contributed by atoms with Gasteiger partial charge in [-0.1, -0.05) is 19.8 Å². The Morgan fingerprint density at radius 2 is 1.72 bits per heavy atom. The summed E-state index contributed by atoms with van der Waals surface area (Å²) in [5.74, 6) is -2.72. The monoisotopic (exact) mass is 346 g/mol. The van der Waals surface area contributed by atoms with Gasteiger partial charge in [-0.25, -0.2) is 14.1 Å². The number of halogens is 1. The van der Waals surface area contributed by atoms with Gasteiger partial charge >= 0.3 is 17.8 Å². The average Bonchev–Trinajstić information content (AvgIpc) is 2.80. The second kappa shape index (κ2) is 6.74. The third-order valence-corrected chi connectivity index (χ3v) is 4.95. The average molecular weight is 346 g/mol. The van der Waals surface area contributed by atoms with Crippen LogP contribution in [0.3, 0.4) is 0 Å².